The van der Waals surface area contributed by atoms with E-state index in [0.717, 1.165) is 49.9 Å². The number of methoxy groups -OCH3 is 1. The molecule has 0 saturated carbocycles. The fourth-order valence-electron chi connectivity index (χ4n) is 4.36. The van der Waals surface area contributed by atoms with Gasteiger partial charge in [0.15, 0.2) is 0 Å². The summed E-state index contributed by atoms with van der Waals surface area (Å²) < 4.78 is 12.0. The van der Waals surface area contributed by atoms with Crippen LogP contribution in [0.25, 0.3) is 0 Å². The summed E-state index contributed by atoms with van der Waals surface area (Å²) in [6, 6.07) is 10.7. The maximum atomic E-state index is 6.04. The lowest BCUT2D eigenvalue weighted by atomic mass is 9.87. The van der Waals surface area contributed by atoms with Gasteiger partial charge in [-0.3, -0.25) is 5.01 Å². The Morgan fingerprint density at radius 1 is 1.21 bits per heavy atom. The Morgan fingerprint density at radius 2 is 1.93 bits per heavy atom. The van der Waals surface area contributed by atoms with Crippen molar-refractivity contribution in [1.29, 1.82) is 0 Å². The molecule has 1 saturated heterocycles. The Kier molecular flexibility index (Phi) is 9.89. The summed E-state index contributed by atoms with van der Waals surface area (Å²) >= 11 is 0. The molecule has 1 aliphatic rings. The molecular weight excluding hydrogens is 360 g/mol. The molecule has 4 nitrogen and oxygen atoms in total. The molecule has 0 N–H and O–H groups in total. The molecule has 29 heavy (non-hydrogen) atoms. The van der Waals surface area contributed by atoms with Gasteiger partial charge in [0.2, 0.25) is 0 Å². The van der Waals surface area contributed by atoms with E-state index in [4.69, 9.17) is 14.6 Å². The van der Waals surface area contributed by atoms with Gasteiger partial charge in [-0.1, -0.05) is 69.2 Å². The molecule has 0 unspecified atom stereocenters. The zero-order valence-electron chi connectivity index (χ0n) is 19.1. The molecule has 0 aromatic heterocycles. The minimum Gasteiger partial charge on any atom is -0.376 e. The van der Waals surface area contributed by atoms with Crippen molar-refractivity contribution in [2.75, 3.05) is 26.9 Å². The number of hydrogen-bond acceptors (Lipinski definition) is 4. The summed E-state index contributed by atoms with van der Waals surface area (Å²) in [7, 11) is 1.85. The molecule has 1 aromatic rings. The molecule has 2 rings (SSSR count). The van der Waals surface area contributed by atoms with Crippen LogP contribution in [0.3, 0.4) is 0 Å². The predicted molar refractivity (Wildman–Crippen MR) is 123 cm³/mol. The number of allylic oxidation sites excluding steroid dienone is 1. The molecule has 1 heterocycles. The van der Waals surface area contributed by atoms with Gasteiger partial charge in [0.1, 0.15) is 0 Å². The molecule has 162 valence electrons. The lowest BCUT2D eigenvalue weighted by Crippen LogP contribution is -2.49. The number of ether oxygens (including phenoxy) is 2. The molecule has 0 amide bonds. The first-order valence-electron chi connectivity index (χ1n) is 11.3. The molecule has 0 bridgehead atoms. The van der Waals surface area contributed by atoms with Crippen molar-refractivity contribution in [1.82, 2.24) is 5.01 Å². The van der Waals surface area contributed by atoms with Crippen molar-refractivity contribution in [2.45, 2.75) is 77.9 Å². The van der Waals surface area contributed by atoms with E-state index in [2.05, 4.69) is 63.0 Å². The molecule has 0 spiro atoms. The van der Waals surface area contributed by atoms with E-state index in [-0.39, 0.29) is 5.60 Å². The topological polar surface area (TPSA) is 34.1 Å². The van der Waals surface area contributed by atoms with Gasteiger partial charge in [0.25, 0.3) is 0 Å². The Bertz CT molecular complexity index is 642. The van der Waals surface area contributed by atoms with E-state index in [9.17, 15) is 0 Å². The van der Waals surface area contributed by atoms with Crippen LogP contribution < -0.4 is 0 Å². The second kappa shape index (κ2) is 12.1. The van der Waals surface area contributed by atoms with Crippen molar-refractivity contribution < 1.29 is 9.47 Å². The maximum Gasteiger partial charge on any atom is 0.0934 e. The summed E-state index contributed by atoms with van der Waals surface area (Å²) in [6.45, 7) is 10.9. The Hall–Kier alpha value is -1.65. The Labute approximate surface area is 178 Å². The molecule has 1 fully saturated rings. The third kappa shape index (κ3) is 6.42. The molecule has 0 radical (unpaired) electrons. The van der Waals surface area contributed by atoms with Gasteiger partial charge in [-0.25, -0.2) is 0 Å². The summed E-state index contributed by atoms with van der Waals surface area (Å²) in [5.41, 5.74) is 3.38. The number of rotatable bonds is 12. The van der Waals surface area contributed by atoms with Crippen molar-refractivity contribution in [2.24, 2.45) is 5.10 Å². The van der Waals surface area contributed by atoms with Crippen molar-refractivity contribution in [3.8, 4) is 0 Å². The van der Waals surface area contributed by atoms with Crippen molar-refractivity contribution in [3.63, 3.8) is 0 Å². The molecule has 4 heteroatoms. The molecular formula is C25H40N2O2. The third-order valence-electron chi connectivity index (χ3n) is 6.22. The zero-order valence-corrected chi connectivity index (χ0v) is 19.1. The van der Waals surface area contributed by atoms with Crippen molar-refractivity contribution >= 4 is 5.71 Å². The first kappa shape index (κ1) is 23.6. The average Bonchev–Trinajstić information content (AvgIpc) is 3.22. The monoisotopic (exact) mass is 400 g/mol. The Balaban J connectivity index is 2.19. The molecule has 1 aliphatic heterocycles. The molecule has 1 atom stereocenters. The Morgan fingerprint density at radius 3 is 2.55 bits per heavy atom. The first-order valence-corrected chi connectivity index (χ1v) is 11.3. The highest BCUT2D eigenvalue weighted by molar-refractivity contribution is 6.01. The minimum absolute atomic E-state index is 0.136. The second-order valence-corrected chi connectivity index (χ2v) is 8.03. The van der Waals surface area contributed by atoms with Gasteiger partial charge in [-0.15, -0.1) is 0 Å². The van der Waals surface area contributed by atoms with Crippen LogP contribution >= 0.6 is 0 Å². The van der Waals surface area contributed by atoms with Gasteiger partial charge in [0, 0.05) is 19.2 Å². The van der Waals surface area contributed by atoms with E-state index >= 15 is 0 Å². The zero-order chi connectivity index (χ0) is 21.1. The lowest BCUT2D eigenvalue weighted by Gasteiger charge is -2.40. The minimum atomic E-state index is -0.136. The average molecular weight is 401 g/mol. The summed E-state index contributed by atoms with van der Waals surface area (Å²) in [6.07, 6.45) is 8.76. The maximum absolute atomic E-state index is 6.04. The molecule has 1 aromatic carbocycles. The fraction of sp³-hybridized carbons (Fsp3) is 0.640. The van der Waals surface area contributed by atoms with Gasteiger partial charge in [0.05, 0.1) is 30.6 Å². The van der Waals surface area contributed by atoms with E-state index in [1.807, 2.05) is 13.2 Å². The lowest BCUT2D eigenvalue weighted by molar-refractivity contribution is -0.0732. The summed E-state index contributed by atoms with van der Waals surface area (Å²) in [5.74, 6) is 0. The van der Waals surface area contributed by atoms with Crippen LogP contribution in [0.1, 0.15) is 71.8 Å². The van der Waals surface area contributed by atoms with Crippen LogP contribution in [0.5, 0.6) is 0 Å². The number of hydrazone groups is 1. The third-order valence-corrected chi connectivity index (χ3v) is 6.22. The first-order chi connectivity index (χ1) is 14.1. The predicted octanol–water partition coefficient (Wildman–Crippen LogP) is 5.82. The van der Waals surface area contributed by atoms with Crippen LogP contribution in [0, 0.1) is 0 Å². The number of nitrogens with zero attached hydrogens (tertiary/aromatic N) is 2. The van der Waals surface area contributed by atoms with E-state index < -0.39 is 0 Å². The summed E-state index contributed by atoms with van der Waals surface area (Å²) in [5, 5.41) is 7.38. The van der Waals surface area contributed by atoms with Crippen LogP contribution in [0.15, 0.2) is 47.1 Å². The van der Waals surface area contributed by atoms with Gasteiger partial charge in [-0.05, 0) is 39.0 Å². The van der Waals surface area contributed by atoms with E-state index in [1.165, 1.54) is 12.0 Å². The smallest absolute Gasteiger partial charge is 0.0934 e. The van der Waals surface area contributed by atoms with Gasteiger partial charge < -0.3 is 9.47 Å². The second-order valence-electron chi connectivity index (χ2n) is 8.03. The number of hydrogen-bond donors (Lipinski definition) is 0. The van der Waals surface area contributed by atoms with Crippen LogP contribution in [-0.4, -0.2) is 49.2 Å². The number of benzene rings is 1. The van der Waals surface area contributed by atoms with E-state index in [1.54, 1.807) is 0 Å². The summed E-state index contributed by atoms with van der Waals surface area (Å²) in [4.78, 5) is 0. The highest BCUT2D eigenvalue weighted by Crippen LogP contribution is 2.35. The van der Waals surface area contributed by atoms with Crippen LogP contribution in [0.4, 0.5) is 0 Å². The molecule has 0 aliphatic carbocycles. The van der Waals surface area contributed by atoms with Gasteiger partial charge >= 0.3 is 0 Å². The SMILES string of the molecule is CCC/C(C)=C/COC/C(=N/N1CCC[C@H]1C(CC)(CC)OC)c1ccccc1. The highest BCUT2D eigenvalue weighted by atomic mass is 16.5. The quantitative estimate of drug-likeness (QED) is 0.252. The van der Waals surface area contributed by atoms with Crippen LogP contribution in [0.2, 0.25) is 0 Å². The normalized spacial score (nSPS) is 18.5. The largest absolute Gasteiger partial charge is 0.376 e. The fourth-order valence-corrected chi connectivity index (χ4v) is 4.36. The van der Waals surface area contributed by atoms with Crippen LogP contribution in [-0.2, 0) is 9.47 Å². The van der Waals surface area contributed by atoms with Gasteiger partial charge in [-0.2, -0.15) is 5.10 Å². The highest BCUT2D eigenvalue weighted by Gasteiger charge is 2.42. The van der Waals surface area contributed by atoms with Crippen molar-refractivity contribution in [3.05, 3.63) is 47.5 Å². The standard InChI is InChI=1S/C25H40N2O2/c1-6-13-21(4)17-19-29-20-23(22-14-10-9-11-15-22)26-27-18-12-16-24(27)25(7-2,8-3)28-5/h9-11,14-15,17,24H,6-8,12-13,16,18-20H2,1-5H3/b21-17+,26-23-/t24-/m0/s1. The van der Waals surface area contributed by atoms with E-state index in [0.29, 0.717) is 19.3 Å².